The van der Waals surface area contributed by atoms with Gasteiger partial charge in [0.2, 0.25) is 0 Å². The molecule has 0 aliphatic heterocycles. The average Bonchev–Trinajstić information content (AvgIpc) is 2.82. The van der Waals surface area contributed by atoms with Crippen LogP contribution < -0.4 is 0 Å². The molecule has 0 bridgehead atoms. The smallest absolute Gasteiger partial charge is 0.320 e. The zero-order valence-electron chi connectivity index (χ0n) is 9.50. The molecule has 1 aliphatic rings. The summed E-state index contributed by atoms with van der Waals surface area (Å²) in [7, 11) is 1.33. The van der Waals surface area contributed by atoms with Crippen LogP contribution in [0.25, 0.3) is 0 Å². The number of esters is 1. The molecule has 4 heteroatoms. The van der Waals surface area contributed by atoms with Crippen molar-refractivity contribution < 1.29 is 14.3 Å². The van der Waals surface area contributed by atoms with Crippen molar-refractivity contribution in [2.24, 2.45) is 5.41 Å². The first-order chi connectivity index (χ1) is 7.65. The molecular formula is C12H15NO3. The molecule has 2 rings (SSSR count). The summed E-state index contributed by atoms with van der Waals surface area (Å²) in [6.07, 6.45) is 3.50. The minimum absolute atomic E-state index is 0.0996. The van der Waals surface area contributed by atoms with Gasteiger partial charge in [0.15, 0.2) is 5.78 Å². The standard InChI is InChI=1S/C12H15NO3/c1-3-5-12(11(15)16-2)7-9-8(10(12)14)4-6-13-9/h4,6,13H,3,5,7H2,1-2H3/t12-/m1/s1. The normalized spacial score (nSPS) is 23.2. The molecule has 0 amide bonds. The van der Waals surface area contributed by atoms with E-state index in [4.69, 9.17) is 4.74 Å². The van der Waals surface area contributed by atoms with E-state index < -0.39 is 11.4 Å². The number of nitrogens with one attached hydrogen (secondary N) is 1. The molecule has 1 N–H and O–H groups in total. The van der Waals surface area contributed by atoms with E-state index >= 15 is 0 Å². The molecule has 1 atom stereocenters. The zero-order chi connectivity index (χ0) is 11.8. The second-order valence-electron chi connectivity index (χ2n) is 4.20. The lowest BCUT2D eigenvalue weighted by Gasteiger charge is -2.23. The van der Waals surface area contributed by atoms with E-state index in [1.807, 2.05) is 6.92 Å². The number of hydrogen-bond acceptors (Lipinski definition) is 3. The number of Topliss-reactive ketones (excluding diaryl/α,β-unsaturated/α-hetero) is 1. The van der Waals surface area contributed by atoms with Crippen molar-refractivity contribution in [3.05, 3.63) is 23.5 Å². The quantitative estimate of drug-likeness (QED) is 0.624. The van der Waals surface area contributed by atoms with Crippen molar-refractivity contribution in [3.8, 4) is 0 Å². The average molecular weight is 221 g/mol. The topological polar surface area (TPSA) is 59.2 Å². The Hall–Kier alpha value is -1.58. The molecule has 0 fully saturated rings. The van der Waals surface area contributed by atoms with Crippen LogP contribution in [0, 0.1) is 5.41 Å². The van der Waals surface area contributed by atoms with Gasteiger partial charge in [-0.15, -0.1) is 0 Å². The van der Waals surface area contributed by atoms with Crippen molar-refractivity contribution in [2.45, 2.75) is 26.2 Å². The third-order valence-electron chi connectivity index (χ3n) is 3.24. The molecule has 0 saturated carbocycles. The molecule has 0 aromatic carbocycles. The van der Waals surface area contributed by atoms with Crippen LogP contribution in [0.4, 0.5) is 0 Å². The van der Waals surface area contributed by atoms with Crippen LogP contribution in [-0.4, -0.2) is 23.8 Å². The third-order valence-corrected chi connectivity index (χ3v) is 3.24. The van der Waals surface area contributed by atoms with Crippen LogP contribution in [0.2, 0.25) is 0 Å². The fraction of sp³-hybridized carbons (Fsp3) is 0.500. The summed E-state index contributed by atoms with van der Waals surface area (Å²) in [6, 6.07) is 1.73. The minimum Gasteiger partial charge on any atom is -0.468 e. The van der Waals surface area contributed by atoms with Gasteiger partial charge in [-0.2, -0.15) is 0 Å². The van der Waals surface area contributed by atoms with E-state index in [0.29, 0.717) is 18.4 Å². The van der Waals surface area contributed by atoms with Crippen LogP contribution in [0.15, 0.2) is 12.3 Å². The second-order valence-corrected chi connectivity index (χ2v) is 4.20. The van der Waals surface area contributed by atoms with E-state index in [1.54, 1.807) is 12.3 Å². The molecule has 86 valence electrons. The number of carbonyl (C=O) groups excluding carboxylic acids is 2. The van der Waals surface area contributed by atoms with Gasteiger partial charge in [-0.1, -0.05) is 13.3 Å². The number of ether oxygens (including phenoxy) is 1. The summed E-state index contributed by atoms with van der Waals surface area (Å²) in [5, 5.41) is 0. The molecule has 0 spiro atoms. The van der Waals surface area contributed by atoms with Gasteiger partial charge in [0.1, 0.15) is 5.41 Å². The van der Waals surface area contributed by atoms with Crippen molar-refractivity contribution in [1.29, 1.82) is 0 Å². The van der Waals surface area contributed by atoms with E-state index in [-0.39, 0.29) is 5.78 Å². The Morgan fingerprint density at radius 2 is 2.38 bits per heavy atom. The van der Waals surface area contributed by atoms with Gasteiger partial charge in [-0.25, -0.2) is 0 Å². The summed E-state index contributed by atoms with van der Waals surface area (Å²) in [4.78, 5) is 27.1. The fourth-order valence-corrected chi connectivity index (χ4v) is 2.49. The number of H-pyrrole nitrogens is 1. The van der Waals surface area contributed by atoms with Crippen LogP contribution >= 0.6 is 0 Å². The number of methoxy groups -OCH3 is 1. The van der Waals surface area contributed by atoms with E-state index in [0.717, 1.165) is 12.1 Å². The largest absolute Gasteiger partial charge is 0.468 e. The van der Waals surface area contributed by atoms with Gasteiger partial charge in [-0.05, 0) is 12.5 Å². The summed E-state index contributed by atoms with van der Waals surface area (Å²) < 4.78 is 4.79. The van der Waals surface area contributed by atoms with Gasteiger partial charge in [0, 0.05) is 23.9 Å². The SMILES string of the molecule is CCC[C@@]1(C(=O)OC)Cc2[nH]ccc2C1=O. The molecule has 1 heterocycles. The molecule has 0 radical (unpaired) electrons. The van der Waals surface area contributed by atoms with Crippen molar-refractivity contribution in [2.75, 3.05) is 7.11 Å². The van der Waals surface area contributed by atoms with Crippen LogP contribution in [0.1, 0.15) is 35.8 Å². The van der Waals surface area contributed by atoms with E-state index in [2.05, 4.69) is 4.98 Å². The lowest BCUT2D eigenvalue weighted by atomic mass is 9.79. The second kappa shape index (κ2) is 3.77. The minimum atomic E-state index is -0.980. The maximum atomic E-state index is 12.2. The van der Waals surface area contributed by atoms with E-state index in [1.165, 1.54) is 7.11 Å². The number of carbonyl (C=O) groups is 2. The number of hydrogen-bond donors (Lipinski definition) is 1. The molecule has 0 unspecified atom stereocenters. The molecule has 4 nitrogen and oxygen atoms in total. The highest BCUT2D eigenvalue weighted by molar-refractivity contribution is 6.15. The van der Waals surface area contributed by atoms with Crippen LogP contribution in [0.5, 0.6) is 0 Å². The van der Waals surface area contributed by atoms with Gasteiger partial charge in [-0.3, -0.25) is 9.59 Å². The molecule has 1 aromatic heterocycles. The molecular weight excluding hydrogens is 206 g/mol. The summed E-state index contributed by atoms with van der Waals surface area (Å²) in [6.45, 7) is 1.96. The first-order valence-corrected chi connectivity index (χ1v) is 5.45. The molecule has 0 saturated heterocycles. The number of aromatic nitrogens is 1. The molecule has 1 aliphatic carbocycles. The maximum Gasteiger partial charge on any atom is 0.320 e. The van der Waals surface area contributed by atoms with E-state index in [9.17, 15) is 9.59 Å². The van der Waals surface area contributed by atoms with Gasteiger partial charge in [0.25, 0.3) is 0 Å². The Bertz CT molecular complexity index is 435. The fourth-order valence-electron chi connectivity index (χ4n) is 2.49. The van der Waals surface area contributed by atoms with Gasteiger partial charge >= 0.3 is 5.97 Å². The number of aromatic amines is 1. The number of rotatable bonds is 3. The van der Waals surface area contributed by atoms with Crippen molar-refractivity contribution >= 4 is 11.8 Å². The number of ketones is 1. The Labute approximate surface area is 94.0 Å². The predicted octanol–water partition coefficient (Wildman–Crippen LogP) is 1.71. The lowest BCUT2D eigenvalue weighted by molar-refractivity contribution is -0.149. The summed E-state index contributed by atoms with van der Waals surface area (Å²) in [5.41, 5.74) is 0.508. The predicted molar refractivity (Wildman–Crippen MR) is 58.2 cm³/mol. The lowest BCUT2D eigenvalue weighted by Crippen LogP contribution is -2.38. The third kappa shape index (κ3) is 1.29. The van der Waals surface area contributed by atoms with Crippen LogP contribution in [-0.2, 0) is 16.0 Å². The monoisotopic (exact) mass is 221 g/mol. The van der Waals surface area contributed by atoms with Crippen LogP contribution in [0.3, 0.4) is 0 Å². The Kier molecular flexibility index (Phi) is 2.58. The van der Waals surface area contributed by atoms with Gasteiger partial charge in [0.05, 0.1) is 7.11 Å². The Morgan fingerprint density at radius 3 is 2.94 bits per heavy atom. The summed E-state index contributed by atoms with van der Waals surface area (Å²) >= 11 is 0. The molecule has 1 aromatic rings. The zero-order valence-corrected chi connectivity index (χ0v) is 9.50. The Morgan fingerprint density at radius 1 is 1.62 bits per heavy atom. The number of fused-ring (bicyclic) bond motifs is 1. The van der Waals surface area contributed by atoms with Crippen molar-refractivity contribution in [1.82, 2.24) is 4.98 Å². The highest BCUT2D eigenvalue weighted by Gasteiger charge is 2.52. The van der Waals surface area contributed by atoms with Gasteiger partial charge < -0.3 is 9.72 Å². The molecule has 16 heavy (non-hydrogen) atoms. The highest BCUT2D eigenvalue weighted by Crippen LogP contribution is 2.40. The first-order valence-electron chi connectivity index (χ1n) is 5.45. The highest BCUT2D eigenvalue weighted by atomic mass is 16.5. The Balaban J connectivity index is 2.41. The maximum absolute atomic E-state index is 12.2. The summed E-state index contributed by atoms with van der Waals surface area (Å²) in [5.74, 6) is -0.513. The van der Waals surface area contributed by atoms with Crippen molar-refractivity contribution in [3.63, 3.8) is 0 Å². The first kappa shape index (κ1) is 10.9.